The molecule has 0 saturated heterocycles. The first-order valence-electron chi connectivity index (χ1n) is 5.33. The summed E-state index contributed by atoms with van der Waals surface area (Å²) in [5.41, 5.74) is -1.61. The molecule has 1 fully saturated rings. The number of rotatable bonds is 2. The van der Waals surface area contributed by atoms with E-state index in [2.05, 4.69) is 0 Å². The van der Waals surface area contributed by atoms with Gasteiger partial charge in [0.25, 0.3) is 0 Å². The minimum atomic E-state index is -5.38. The number of carbonyl (C=O) groups is 2. The molecule has 1 rings (SSSR count). The molecule has 10 heteroatoms. The van der Waals surface area contributed by atoms with Crippen LogP contribution < -0.4 is 0 Å². The molecular weight excluding hydrogens is 342 g/mol. The zero-order chi connectivity index (χ0) is 15.6. The summed E-state index contributed by atoms with van der Waals surface area (Å²) in [6, 6.07) is 0. The zero-order valence-corrected chi connectivity index (χ0v) is 11.9. The average Bonchev–Trinajstić information content (AvgIpc) is 2.36. The molecule has 20 heavy (non-hydrogen) atoms. The van der Waals surface area contributed by atoms with Gasteiger partial charge in [-0.3, -0.25) is 9.59 Å². The Morgan fingerprint density at radius 3 is 1.60 bits per heavy atom. The summed E-state index contributed by atoms with van der Waals surface area (Å²) in [7, 11) is 0. The Morgan fingerprint density at radius 2 is 1.45 bits per heavy atom. The van der Waals surface area contributed by atoms with Gasteiger partial charge in [-0.1, -0.05) is 13.8 Å². The molecule has 0 aliphatic heterocycles. The van der Waals surface area contributed by atoms with Crippen molar-refractivity contribution in [2.45, 2.75) is 33.6 Å². The summed E-state index contributed by atoms with van der Waals surface area (Å²) in [5.74, 6) is -2.34. The van der Waals surface area contributed by atoms with Gasteiger partial charge in [-0.25, -0.2) is 0 Å². The van der Waals surface area contributed by atoms with Crippen LogP contribution in [0.3, 0.4) is 0 Å². The average molecular weight is 360 g/mol. The molecule has 0 spiro atoms. The van der Waals surface area contributed by atoms with Crippen LogP contribution in [-0.2, 0) is 34.1 Å². The molecule has 8 nitrogen and oxygen atoms in total. The molecule has 1 saturated carbocycles. The van der Waals surface area contributed by atoms with Crippen molar-refractivity contribution in [2.24, 2.45) is 16.7 Å². The quantitative estimate of drug-likeness (QED) is 0.585. The second-order valence-corrected chi connectivity index (χ2v) is 6.42. The van der Waals surface area contributed by atoms with Gasteiger partial charge in [0.2, 0.25) is 0 Å². The molecule has 1 aliphatic carbocycles. The molecule has 114 valence electrons. The van der Waals surface area contributed by atoms with Crippen molar-refractivity contribution < 1.29 is 48.5 Å². The van der Waals surface area contributed by atoms with E-state index in [0.717, 1.165) is 0 Å². The summed E-state index contributed by atoms with van der Waals surface area (Å²) in [5, 5.41) is 18.1. The Balaban J connectivity index is 0. The van der Waals surface area contributed by atoms with Crippen LogP contribution in [0.1, 0.15) is 33.6 Å². The maximum absolute atomic E-state index is 11.1. The molecule has 2 atom stereocenters. The van der Waals surface area contributed by atoms with E-state index in [-0.39, 0.29) is 51.4 Å². The van der Waals surface area contributed by atoms with E-state index in [0.29, 0.717) is 12.8 Å². The molecule has 0 aromatic carbocycles. The first kappa shape index (κ1) is 22.7. The first-order valence-corrected chi connectivity index (χ1v) is 7.30. The summed E-state index contributed by atoms with van der Waals surface area (Å²) >= 11 is -5.38. The van der Waals surface area contributed by atoms with E-state index in [1.54, 1.807) is 20.8 Å². The normalized spacial score (nSPS) is 27.7. The van der Waals surface area contributed by atoms with Gasteiger partial charge in [0.1, 0.15) is 0 Å². The van der Waals surface area contributed by atoms with Crippen LogP contribution >= 0.6 is 0 Å². The zero-order valence-electron chi connectivity index (χ0n) is 10.8. The van der Waals surface area contributed by atoms with Crippen LogP contribution in [-0.4, -0.2) is 77.7 Å². The molecule has 0 amide bonds. The van der Waals surface area contributed by atoms with Crippen molar-refractivity contribution in [1.82, 2.24) is 0 Å². The Hall–Kier alpha value is 0.456. The molecule has 0 aromatic heterocycles. The number of aliphatic carboxylic acids is 2. The summed E-state index contributed by atoms with van der Waals surface area (Å²) < 4.78 is 33.1. The molecule has 3 N–H and O–H groups in total. The van der Waals surface area contributed by atoms with Gasteiger partial charge in [0.05, 0.1) is 11.3 Å². The van der Waals surface area contributed by atoms with Crippen LogP contribution in [0, 0.1) is 16.7 Å². The second-order valence-electron chi connectivity index (χ2n) is 5.18. The summed E-state index contributed by atoms with van der Waals surface area (Å²) in [4.78, 5) is 22.0. The third kappa shape index (κ3) is 5.68. The standard InChI is InChI=1S/C10H16O4.K.Mn.H2O.3O.H/c1-9(2)6(7(11)12)4-5-10(9,3)8(13)14;;;;;;;/h6H,4-5H2,1-3H3,(H,11,12)(H,13,14);;;1H2;;;;/q;;+1;;;;;/p-1/t6-,10+;;;;;;;/m0......./s1. The van der Waals surface area contributed by atoms with Gasteiger partial charge >= 0.3 is 92.0 Å². The SMILES string of the molecule is CC1(C)[C@H](C(=O)O)CC[C@]1(C)C(=O)O.[KH].[O]=[Mn](=[O])(=[O])[OH]. The van der Waals surface area contributed by atoms with E-state index in [1.807, 2.05) is 0 Å². The van der Waals surface area contributed by atoms with Crippen molar-refractivity contribution in [3.8, 4) is 0 Å². The van der Waals surface area contributed by atoms with E-state index >= 15 is 0 Å². The number of carboxylic acid groups (broad SMARTS) is 2. The van der Waals surface area contributed by atoms with Crippen LogP contribution in [0.25, 0.3) is 0 Å². The number of hydrogen-bond acceptors (Lipinski definition) is 5. The Labute approximate surface area is 160 Å². The van der Waals surface area contributed by atoms with Crippen LogP contribution in [0.4, 0.5) is 0 Å². The molecule has 0 heterocycles. The Kier molecular flexibility index (Phi) is 8.68. The third-order valence-corrected chi connectivity index (χ3v) is 4.00. The molecule has 0 radical (unpaired) electrons. The van der Waals surface area contributed by atoms with Gasteiger partial charge in [0, 0.05) is 0 Å². The summed E-state index contributed by atoms with van der Waals surface area (Å²) in [6.45, 7) is 5.10. The van der Waals surface area contributed by atoms with Gasteiger partial charge in [-0.15, -0.1) is 0 Å². The van der Waals surface area contributed by atoms with Crippen molar-refractivity contribution in [1.29, 1.82) is 0 Å². The fourth-order valence-corrected chi connectivity index (χ4v) is 2.32. The minimum absolute atomic E-state index is 0. The van der Waals surface area contributed by atoms with Gasteiger partial charge < -0.3 is 10.2 Å². The second kappa shape index (κ2) is 7.64. The van der Waals surface area contributed by atoms with Gasteiger partial charge in [0.15, 0.2) is 0 Å². The molecule has 0 aromatic rings. The molecule has 0 unspecified atom stereocenters. The number of carboxylic acids is 2. The topological polar surface area (TPSA) is 146 Å². The summed E-state index contributed by atoms with van der Waals surface area (Å²) in [6.07, 6.45) is 0.886. The molecule has 0 bridgehead atoms. The van der Waals surface area contributed by atoms with Crippen molar-refractivity contribution in [3.05, 3.63) is 0 Å². The van der Waals surface area contributed by atoms with E-state index < -0.39 is 41.7 Å². The third-order valence-electron chi connectivity index (χ3n) is 4.00. The monoisotopic (exact) mass is 360 g/mol. The van der Waals surface area contributed by atoms with Crippen LogP contribution in [0.15, 0.2) is 0 Å². The Morgan fingerprint density at radius 1 is 1.10 bits per heavy atom. The van der Waals surface area contributed by atoms with Crippen molar-refractivity contribution in [2.75, 3.05) is 0 Å². The van der Waals surface area contributed by atoms with Crippen molar-refractivity contribution in [3.63, 3.8) is 0 Å². The fraction of sp³-hybridized carbons (Fsp3) is 0.800. The van der Waals surface area contributed by atoms with E-state index in [4.69, 9.17) is 25.9 Å². The molecule has 1 aliphatic rings. The van der Waals surface area contributed by atoms with Gasteiger partial charge in [-0.05, 0) is 25.2 Å². The van der Waals surface area contributed by atoms with E-state index in [1.165, 1.54) is 0 Å². The fourth-order valence-electron chi connectivity index (χ4n) is 2.32. The maximum atomic E-state index is 11.1. The van der Waals surface area contributed by atoms with Crippen molar-refractivity contribution >= 4 is 63.3 Å². The number of hydrogen-bond donors (Lipinski definition) is 3. The van der Waals surface area contributed by atoms with Crippen LogP contribution in [0.5, 0.6) is 0 Å². The van der Waals surface area contributed by atoms with Gasteiger partial charge in [-0.2, -0.15) is 0 Å². The van der Waals surface area contributed by atoms with E-state index in [9.17, 15) is 9.59 Å². The first-order chi connectivity index (χ1) is 8.23. The predicted molar refractivity (Wildman–Crippen MR) is 61.3 cm³/mol. The van der Waals surface area contributed by atoms with Crippen LogP contribution in [0.2, 0.25) is 0 Å². The molecular formula is C10H18KMnO8. The predicted octanol–water partition coefficient (Wildman–Crippen LogP) is 0.0337. The Bertz CT molecular complexity index is 518.